The average Bonchev–Trinajstić information content (AvgIpc) is 3.16. The van der Waals surface area contributed by atoms with Crippen LogP contribution in [0.2, 0.25) is 0 Å². The molecule has 0 radical (unpaired) electrons. The third-order valence-electron chi connectivity index (χ3n) is 3.51. The van der Waals surface area contributed by atoms with Crippen LogP contribution in [-0.2, 0) is 4.79 Å². The molecule has 1 aromatic carbocycles. The quantitative estimate of drug-likeness (QED) is 0.871. The molecule has 4 nitrogen and oxygen atoms in total. The van der Waals surface area contributed by atoms with Gasteiger partial charge in [0.25, 0.3) is 0 Å². The van der Waals surface area contributed by atoms with Gasteiger partial charge in [-0.15, -0.1) is 11.3 Å². The van der Waals surface area contributed by atoms with E-state index in [2.05, 4.69) is 11.2 Å². The molecule has 3 rings (SSSR count). The van der Waals surface area contributed by atoms with E-state index < -0.39 is 0 Å². The van der Waals surface area contributed by atoms with Crippen LogP contribution < -0.4 is 4.74 Å². The summed E-state index contributed by atoms with van der Waals surface area (Å²) in [7, 11) is 1.64. The summed E-state index contributed by atoms with van der Waals surface area (Å²) in [5.41, 5.74) is 1.92. The number of hydrazone groups is 1. The maximum Gasteiger partial charge on any atom is 0.240 e. The van der Waals surface area contributed by atoms with Crippen LogP contribution in [0.5, 0.6) is 5.75 Å². The number of ether oxygens (including phenoxy) is 1. The lowest BCUT2D eigenvalue weighted by Crippen LogP contribution is -2.23. The Bertz CT molecular complexity index is 679. The Hall–Kier alpha value is -2.14. The van der Waals surface area contributed by atoms with Gasteiger partial charge in [-0.3, -0.25) is 4.79 Å². The molecule has 0 fully saturated rings. The summed E-state index contributed by atoms with van der Waals surface area (Å²) in [6.07, 6.45) is 0.729. The topological polar surface area (TPSA) is 41.9 Å². The van der Waals surface area contributed by atoms with Crippen molar-refractivity contribution in [2.24, 2.45) is 5.10 Å². The van der Waals surface area contributed by atoms with Crippen LogP contribution in [0.15, 0.2) is 46.9 Å². The zero-order valence-electron chi connectivity index (χ0n) is 11.9. The van der Waals surface area contributed by atoms with Crippen LogP contribution in [0, 0.1) is 0 Å². The van der Waals surface area contributed by atoms with Gasteiger partial charge in [0.05, 0.1) is 18.9 Å². The number of hydrogen-bond donors (Lipinski definition) is 0. The zero-order chi connectivity index (χ0) is 14.8. The van der Waals surface area contributed by atoms with Crippen molar-refractivity contribution in [2.45, 2.75) is 19.4 Å². The molecule has 1 amide bonds. The van der Waals surface area contributed by atoms with E-state index in [9.17, 15) is 4.79 Å². The monoisotopic (exact) mass is 300 g/mol. The minimum atomic E-state index is -0.0358. The van der Waals surface area contributed by atoms with E-state index in [-0.39, 0.29) is 11.9 Å². The summed E-state index contributed by atoms with van der Waals surface area (Å²) in [4.78, 5) is 13.0. The summed E-state index contributed by atoms with van der Waals surface area (Å²) < 4.78 is 5.25. The normalized spacial score (nSPS) is 17.7. The number of rotatable bonds is 3. The SMILES string of the molecule is COc1cccc(C2=NN(C(C)=O)C(c3cccs3)C2)c1. The molecule has 1 aromatic heterocycles. The summed E-state index contributed by atoms with van der Waals surface area (Å²) in [6.45, 7) is 1.55. The highest BCUT2D eigenvalue weighted by molar-refractivity contribution is 7.10. The van der Waals surface area contributed by atoms with Crippen LogP contribution in [0.4, 0.5) is 0 Å². The van der Waals surface area contributed by atoms with Crippen molar-refractivity contribution in [1.29, 1.82) is 0 Å². The molecule has 2 heterocycles. The number of hydrogen-bond acceptors (Lipinski definition) is 4. The van der Waals surface area contributed by atoms with Gasteiger partial charge in [0.15, 0.2) is 0 Å². The predicted octanol–water partition coefficient (Wildman–Crippen LogP) is 3.45. The molecule has 1 aliphatic rings. The molecule has 1 atom stereocenters. The van der Waals surface area contributed by atoms with Gasteiger partial charge < -0.3 is 4.74 Å². The highest BCUT2D eigenvalue weighted by Crippen LogP contribution is 2.35. The van der Waals surface area contributed by atoms with E-state index in [1.54, 1.807) is 30.4 Å². The predicted molar refractivity (Wildman–Crippen MR) is 83.7 cm³/mol. The number of amides is 1. The van der Waals surface area contributed by atoms with Crippen LogP contribution >= 0.6 is 11.3 Å². The lowest BCUT2D eigenvalue weighted by atomic mass is 10.0. The first-order valence-electron chi connectivity index (χ1n) is 6.74. The fourth-order valence-electron chi connectivity index (χ4n) is 2.48. The van der Waals surface area contributed by atoms with E-state index in [0.29, 0.717) is 0 Å². The Morgan fingerprint density at radius 3 is 2.90 bits per heavy atom. The number of carbonyl (C=O) groups excluding carboxylic acids is 1. The van der Waals surface area contributed by atoms with E-state index in [1.807, 2.05) is 35.7 Å². The van der Waals surface area contributed by atoms with Crippen molar-refractivity contribution in [3.63, 3.8) is 0 Å². The van der Waals surface area contributed by atoms with Gasteiger partial charge >= 0.3 is 0 Å². The van der Waals surface area contributed by atoms with Gasteiger partial charge in [0, 0.05) is 23.8 Å². The summed E-state index contributed by atoms with van der Waals surface area (Å²) >= 11 is 1.65. The Morgan fingerprint density at radius 1 is 1.38 bits per heavy atom. The van der Waals surface area contributed by atoms with Crippen molar-refractivity contribution in [2.75, 3.05) is 7.11 Å². The molecular formula is C16H16N2O2S. The average molecular weight is 300 g/mol. The number of benzene rings is 1. The van der Waals surface area contributed by atoms with Crippen molar-refractivity contribution in [3.05, 3.63) is 52.2 Å². The van der Waals surface area contributed by atoms with Gasteiger partial charge in [-0.1, -0.05) is 18.2 Å². The highest BCUT2D eigenvalue weighted by atomic mass is 32.1. The van der Waals surface area contributed by atoms with Gasteiger partial charge in [-0.25, -0.2) is 5.01 Å². The minimum absolute atomic E-state index is 0.00343. The number of thiophene rings is 1. The second-order valence-electron chi connectivity index (χ2n) is 4.88. The van der Waals surface area contributed by atoms with Gasteiger partial charge in [-0.2, -0.15) is 5.10 Å². The molecule has 21 heavy (non-hydrogen) atoms. The van der Waals surface area contributed by atoms with E-state index in [0.717, 1.165) is 28.3 Å². The lowest BCUT2D eigenvalue weighted by Gasteiger charge is -2.18. The molecule has 1 aliphatic heterocycles. The molecule has 5 heteroatoms. The van der Waals surface area contributed by atoms with Gasteiger partial charge in [-0.05, 0) is 23.6 Å². The first kappa shape index (κ1) is 13.8. The fraction of sp³-hybridized carbons (Fsp3) is 0.250. The number of methoxy groups -OCH3 is 1. The van der Waals surface area contributed by atoms with Crippen LogP contribution in [0.3, 0.4) is 0 Å². The zero-order valence-corrected chi connectivity index (χ0v) is 12.8. The first-order valence-corrected chi connectivity index (χ1v) is 7.62. The smallest absolute Gasteiger partial charge is 0.240 e. The van der Waals surface area contributed by atoms with Gasteiger partial charge in [0.2, 0.25) is 5.91 Å². The van der Waals surface area contributed by atoms with E-state index in [1.165, 1.54) is 0 Å². The molecular weight excluding hydrogens is 284 g/mol. The first-order chi connectivity index (χ1) is 10.2. The Morgan fingerprint density at radius 2 is 2.24 bits per heavy atom. The van der Waals surface area contributed by atoms with E-state index >= 15 is 0 Å². The molecule has 0 bridgehead atoms. The Kier molecular flexibility index (Phi) is 3.75. The van der Waals surface area contributed by atoms with Crippen LogP contribution in [0.1, 0.15) is 29.8 Å². The third kappa shape index (κ3) is 2.69. The second kappa shape index (κ2) is 5.69. The molecule has 0 saturated heterocycles. The Balaban J connectivity index is 1.93. The molecule has 0 spiro atoms. The van der Waals surface area contributed by atoms with Crippen molar-refractivity contribution in [3.8, 4) is 5.75 Å². The maximum atomic E-state index is 11.9. The maximum absolute atomic E-state index is 11.9. The minimum Gasteiger partial charge on any atom is -0.497 e. The van der Waals surface area contributed by atoms with Gasteiger partial charge in [0.1, 0.15) is 5.75 Å². The fourth-order valence-corrected chi connectivity index (χ4v) is 3.29. The van der Waals surface area contributed by atoms with Crippen molar-refractivity contribution >= 4 is 23.0 Å². The van der Waals surface area contributed by atoms with Crippen LogP contribution in [-0.4, -0.2) is 23.7 Å². The number of carbonyl (C=O) groups is 1. The number of nitrogens with zero attached hydrogens (tertiary/aromatic N) is 2. The lowest BCUT2D eigenvalue weighted by molar-refractivity contribution is -0.130. The van der Waals surface area contributed by atoms with Crippen molar-refractivity contribution in [1.82, 2.24) is 5.01 Å². The third-order valence-corrected chi connectivity index (χ3v) is 4.48. The molecule has 0 aliphatic carbocycles. The highest BCUT2D eigenvalue weighted by Gasteiger charge is 2.31. The second-order valence-corrected chi connectivity index (χ2v) is 5.86. The summed E-state index contributed by atoms with van der Waals surface area (Å²) in [5.74, 6) is 0.760. The van der Waals surface area contributed by atoms with Crippen LogP contribution in [0.25, 0.3) is 0 Å². The molecule has 1 unspecified atom stereocenters. The summed E-state index contributed by atoms with van der Waals surface area (Å²) in [5, 5.41) is 8.13. The summed E-state index contributed by atoms with van der Waals surface area (Å²) in [6, 6.07) is 11.8. The standard InChI is InChI=1S/C16H16N2O2S/c1-11(19)18-15(16-7-4-8-21-16)10-14(17-18)12-5-3-6-13(9-12)20-2/h3-9,15H,10H2,1-2H3. The molecule has 2 aromatic rings. The largest absolute Gasteiger partial charge is 0.497 e. The molecule has 108 valence electrons. The molecule has 0 N–H and O–H groups in total. The molecule has 0 saturated carbocycles. The van der Waals surface area contributed by atoms with Crippen molar-refractivity contribution < 1.29 is 9.53 Å². The van der Waals surface area contributed by atoms with E-state index in [4.69, 9.17) is 4.74 Å². The Labute approximate surface area is 127 Å².